The molecular weight excluding hydrogens is 312 g/mol. The van der Waals surface area contributed by atoms with Gasteiger partial charge in [-0.1, -0.05) is 6.07 Å². The molecule has 4 rings (SSSR count). The van der Waals surface area contributed by atoms with Crippen molar-refractivity contribution < 1.29 is 9.53 Å². The van der Waals surface area contributed by atoms with Crippen LogP contribution in [-0.4, -0.2) is 42.6 Å². The molecule has 1 saturated heterocycles. The van der Waals surface area contributed by atoms with E-state index in [1.165, 1.54) is 32.2 Å². The molecule has 1 amide bonds. The fourth-order valence-electron chi connectivity index (χ4n) is 4.03. The molecule has 2 saturated carbocycles. The highest BCUT2D eigenvalue weighted by atomic mass is 16.5. The maximum absolute atomic E-state index is 12.8. The maximum Gasteiger partial charge on any atom is 0.253 e. The van der Waals surface area contributed by atoms with Gasteiger partial charge in [-0.3, -0.25) is 4.79 Å². The van der Waals surface area contributed by atoms with E-state index in [0.29, 0.717) is 12.1 Å². The number of rotatable bonds is 6. The highest BCUT2D eigenvalue weighted by Gasteiger charge is 2.26. The van der Waals surface area contributed by atoms with Crippen LogP contribution in [0, 0.1) is 5.92 Å². The summed E-state index contributed by atoms with van der Waals surface area (Å²) in [6, 6.07) is 8.35. The first-order chi connectivity index (χ1) is 12.3. The Bertz CT molecular complexity index is 585. The zero-order valence-corrected chi connectivity index (χ0v) is 15.1. The van der Waals surface area contributed by atoms with E-state index in [4.69, 9.17) is 4.74 Å². The van der Waals surface area contributed by atoms with E-state index >= 15 is 0 Å². The lowest BCUT2D eigenvalue weighted by atomic mass is 10.0. The normalized spacial score (nSPS) is 22.3. The predicted molar refractivity (Wildman–Crippen MR) is 99.0 cm³/mol. The van der Waals surface area contributed by atoms with E-state index in [0.717, 1.165) is 56.0 Å². The van der Waals surface area contributed by atoms with Crippen molar-refractivity contribution in [2.24, 2.45) is 5.92 Å². The number of nitrogens with zero attached hydrogens (tertiary/aromatic N) is 1. The molecule has 2 aliphatic carbocycles. The van der Waals surface area contributed by atoms with Crippen molar-refractivity contribution in [1.29, 1.82) is 0 Å². The molecule has 0 radical (unpaired) electrons. The average Bonchev–Trinajstić information content (AvgIpc) is 3.35. The molecule has 0 spiro atoms. The Morgan fingerprint density at radius 2 is 1.84 bits per heavy atom. The second kappa shape index (κ2) is 7.77. The summed E-state index contributed by atoms with van der Waals surface area (Å²) >= 11 is 0. The summed E-state index contributed by atoms with van der Waals surface area (Å²) in [6.45, 7) is 2.88. The largest absolute Gasteiger partial charge is 0.490 e. The van der Waals surface area contributed by atoms with Crippen molar-refractivity contribution in [3.63, 3.8) is 0 Å². The van der Waals surface area contributed by atoms with Crippen LogP contribution in [0.5, 0.6) is 5.75 Å². The Hall–Kier alpha value is -1.55. The molecule has 0 aromatic heterocycles. The van der Waals surface area contributed by atoms with Crippen LogP contribution < -0.4 is 10.1 Å². The number of benzene rings is 1. The zero-order chi connectivity index (χ0) is 17.1. The topological polar surface area (TPSA) is 41.6 Å². The van der Waals surface area contributed by atoms with E-state index in [9.17, 15) is 4.79 Å². The van der Waals surface area contributed by atoms with E-state index in [-0.39, 0.29) is 5.91 Å². The van der Waals surface area contributed by atoms with Crippen molar-refractivity contribution in [3.05, 3.63) is 29.8 Å². The van der Waals surface area contributed by atoms with Crippen LogP contribution in [0.15, 0.2) is 24.3 Å². The number of carbonyl (C=O) groups excluding carboxylic acids is 1. The average molecular weight is 342 g/mol. The van der Waals surface area contributed by atoms with Crippen molar-refractivity contribution in [1.82, 2.24) is 10.2 Å². The summed E-state index contributed by atoms with van der Waals surface area (Å²) in [4.78, 5) is 14.8. The van der Waals surface area contributed by atoms with Crippen molar-refractivity contribution in [2.75, 3.05) is 19.6 Å². The third-order valence-electron chi connectivity index (χ3n) is 5.86. The van der Waals surface area contributed by atoms with Crippen molar-refractivity contribution in [2.45, 2.75) is 63.5 Å². The summed E-state index contributed by atoms with van der Waals surface area (Å²) in [5, 5.41) is 3.67. The molecular formula is C21H30N2O2. The number of hydrogen-bond donors (Lipinski definition) is 1. The van der Waals surface area contributed by atoms with Crippen LogP contribution in [0.2, 0.25) is 0 Å². The Labute approximate surface area is 150 Å². The number of carbonyl (C=O) groups is 1. The first-order valence-corrected chi connectivity index (χ1v) is 10.1. The monoisotopic (exact) mass is 342 g/mol. The van der Waals surface area contributed by atoms with Crippen LogP contribution in [-0.2, 0) is 0 Å². The highest BCUT2D eigenvalue weighted by molar-refractivity contribution is 5.94. The summed E-state index contributed by atoms with van der Waals surface area (Å²) in [6.07, 6.45) is 10.0. The molecule has 0 bridgehead atoms. The SMILES string of the molecule is O=C(c1cccc(OC2CCCC2)c1)N1CCC(NCC2CC2)CC1. The van der Waals surface area contributed by atoms with Gasteiger partial charge in [-0.2, -0.15) is 0 Å². The number of amides is 1. The molecule has 1 aromatic carbocycles. The quantitative estimate of drug-likeness (QED) is 0.859. The van der Waals surface area contributed by atoms with Gasteiger partial charge in [0.05, 0.1) is 6.10 Å². The summed E-state index contributed by atoms with van der Waals surface area (Å²) in [5.74, 6) is 1.92. The van der Waals surface area contributed by atoms with Crippen LogP contribution in [0.4, 0.5) is 0 Å². The lowest BCUT2D eigenvalue weighted by molar-refractivity contribution is 0.0704. The predicted octanol–water partition coefficient (Wildman–Crippen LogP) is 3.61. The molecule has 3 fully saturated rings. The van der Waals surface area contributed by atoms with Gasteiger partial charge >= 0.3 is 0 Å². The smallest absolute Gasteiger partial charge is 0.253 e. The Morgan fingerprint density at radius 1 is 1.08 bits per heavy atom. The molecule has 136 valence electrons. The van der Waals surface area contributed by atoms with Gasteiger partial charge in [0.15, 0.2) is 0 Å². The van der Waals surface area contributed by atoms with Gasteiger partial charge in [0.25, 0.3) is 5.91 Å². The van der Waals surface area contributed by atoms with E-state index in [2.05, 4.69) is 5.32 Å². The Balaban J connectivity index is 1.29. The minimum atomic E-state index is 0.150. The molecule has 1 aliphatic heterocycles. The number of piperidine rings is 1. The lowest BCUT2D eigenvalue weighted by Crippen LogP contribution is -2.45. The van der Waals surface area contributed by atoms with Crippen LogP contribution in [0.25, 0.3) is 0 Å². The van der Waals surface area contributed by atoms with E-state index in [1.54, 1.807) is 0 Å². The highest BCUT2D eigenvalue weighted by Crippen LogP contribution is 2.28. The number of hydrogen-bond acceptors (Lipinski definition) is 3. The first kappa shape index (κ1) is 16.9. The molecule has 0 atom stereocenters. The Morgan fingerprint density at radius 3 is 2.56 bits per heavy atom. The number of likely N-dealkylation sites (tertiary alicyclic amines) is 1. The second-order valence-electron chi connectivity index (χ2n) is 7.97. The molecule has 3 aliphatic rings. The summed E-state index contributed by atoms with van der Waals surface area (Å²) < 4.78 is 6.05. The first-order valence-electron chi connectivity index (χ1n) is 10.1. The number of nitrogens with one attached hydrogen (secondary N) is 1. The van der Waals surface area contributed by atoms with Crippen LogP contribution >= 0.6 is 0 Å². The minimum Gasteiger partial charge on any atom is -0.490 e. The van der Waals surface area contributed by atoms with E-state index in [1.807, 2.05) is 29.2 Å². The van der Waals surface area contributed by atoms with Crippen LogP contribution in [0.3, 0.4) is 0 Å². The lowest BCUT2D eigenvalue weighted by Gasteiger charge is -2.32. The molecule has 1 N–H and O–H groups in total. The van der Waals surface area contributed by atoms with Crippen molar-refractivity contribution in [3.8, 4) is 5.75 Å². The fourth-order valence-corrected chi connectivity index (χ4v) is 4.03. The number of ether oxygens (including phenoxy) is 1. The Kier molecular flexibility index (Phi) is 5.25. The van der Waals surface area contributed by atoms with Crippen LogP contribution in [0.1, 0.15) is 61.7 Å². The van der Waals surface area contributed by atoms with Gasteiger partial charge in [0, 0.05) is 24.7 Å². The summed E-state index contributed by atoms with van der Waals surface area (Å²) in [5.41, 5.74) is 0.764. The van der Waals surface area contributed by atoms with Gasteiger partial charge in [-0.15, -0.1) is 0 Å². The maximum atomic E-state index is 12.8. The summed E-state index contributed by atoms with van der Waals surface area (Å²) in [7, 11) is 0. The molecule has 4 nitrogen and oxygen atoms in total. The third kappa shape index (κ3) is 4.55. The fraction of sp³-hybridized carbons (Fsp3) is 0.667. The minimum absolute atomic E-state index is 0.150. The van der Waals surface area contributed by atoms with Gasteiger partial charge in [0.2, 0.25) is 0 Å². The van der Waals surface area contributed by atoms with Crippen molar-refractivity contribution >= 4 is 5.91 Å². The van der Waals surface area contributed by atoms with Gasteiger partial charge < -0.3 is 15.0 Å². The van der Waals surface area contributed by atoms with E-state index < -0.39 is 0 Å². The molecule has 0 unspecified atom stereocenters. The van der Waals surface area contributed by atoms with Gasteiger partial charge in [-0.05, 0) is 82.0 Å². The third-order valence-corrected chi connectivity index (χ3v) is 5.86. The molecule has 25 heavy (non-hydrogen) atoms. The standard InChI is InChI=1S/C21H30N2O2/c24-21(23-12-10-18(11-13-23)22-15-16-8-9-16)17-4-3-7-20(14-17)25-19-5-1-2-6-19/h3-4,7,14,16,18-19,22H,1-2,5-6,8-13,15H2. The molecule has 1 heterocycles. The van der Waals surface area contributed by atoms with Gasteiger partial charge in [0.1, 0.15) is 5.75 Å². The molecule has 1 aromatic rings. The van der Waals surface area contributed by atoms with Gasteiger partial charge in [-0.25, -0.2) is 0 Å². The molecule has 4 heteroatoms. The second-order valence-corrected chi connectivity index (χ2v) is 7.97. The zero-order valence-electron chi connectivity index (χ0n) is 15.1.